The molecule has 0 N–H and O–H groups in total. The first-order valence-corrected chi connectivity index (χ1v) is 8.98. The molecule has 0 aromatic heterocycles. The van der Waals surface area contributed by atoms with E-state index in [1.165, 1.54) is 11.1 Å². The lowest BCUT2D eigenvalue weighted by Crippen LogP contribution is -2.42. The zero-order valence-electron chi connectivity index (χ0n) is 16.4. The van der Waals surface area contributed by atoms with Crippen molar-refractivity contribution in [2.24, 2.45) is 4.99 Å². The predicted molar refractivity (Wildman–Crippen MR) is 109 cm³/mol. The van der Waals surface area contributed by atoms with Gasteiger partial charge in [0.15, 0.2) is 11.5 Å². The molecule has 0 fully saturated rings. The number of methoxy groups -OCH3 is 1. The average molecular weight is 364 g/mol. The number of nitrogens with zero attached hydrogens (tertiary/aromatic N) is 2. The van der Waals surface area contributed by atoms with Gasteiger partial charge in [0.25, 0.3) is 0 Å². The number of likely N-dealkylation sites (N-methyl/N-ethyl adjacent to an activating group) is 1. The highest BCUT2D eigenvalue weighted by atomic mass is 16.7. The molecule has 5 heteroatoms. The Hall–Kier alpha value is -2.95. The average Bonchev–Trinajstić information content (AvgIpc) is 3.11. The summed E-state index contributed by atoms with van der Waals surface area (Å²) in [5, 5.41) is 0. The Morgan fingerprint density at radius 3 is 2.70 bits per heavy atom. The van der Waals surface area contributed by atoms with Crippen LogP contribution in [-0.4, -0.2) is 32.7 Å². The molecule has 140 valence electrons. The molecule has 0 radical (unpaired) electrons. The number of hydrogen-bond donors (Lipinski definition) is 0. The SMILES string of the molecule is COc1cc2c(cc1C=Nc1ccc3c(c1)OCO3)C(C)=CC(C)(C)N2C. The van der Waals surface area contributed by atoms with Crippen LogP contribution in [0.15, 0.2) is 41.4 Å². The van der Waals surface area contributed by atoms with Gasteiger partial charge >= 0.3 is 0 Å². The third-order valence-electron chi connectivity index (χ3n) is 5.28. The van der Waals surface area contributed by atoms with Gasteiger partial charge < -0.3 is 19.1 Å². The second-order valence-corrected chi connectivity index (χ2v) is 7.45. The van der Waals surface area contributed by atoms with Crippen molar-refractivity contribution in [1.82, 2.24) is 0 Å². The summed E-state index contributed by atoms with van der Waals surface area (Å²) in [5.41, 5.74) is 5.33. The van der Waals surface area contributed by atoms with Gasteiger partial charge in [-0.25, -0.2) is 0 Å². The second kappa shape index (κ2) is 6.34. The molecule has 2 heterocycles. The fourth-order valence-electron chi connectivity index (χ4n) is 3.58. The number of benzene rings is 2. The molecule has 0 saturated heterocycles. The number of fused-ring (bicyclic) bond motifs is 2. The highest BCUT2D eigenvalue weighted by Crippen LogP contribution is 2.41. The lowest BCUT2D eigenvalue weighted by atomic mass is 9.88. The normalized spacial score (nSPS) is 17.1. The van der Waals surface area contributed by atoms with E-state index in [-0.39, 0.29) is 12.3 Å². The molecule has 0 atom stereocenters. The lowest BCUT2D eigenvalue weighted by molar-refractivity contribution is 0.174. The third kappa shape index (κ3) is 3.03. The van der Waals surface area contributed by atoms with E-state index >= 15 is 0 Å². The Labute approximate surface area is 159 Å². The van der Waals surface area contributed by atoms with E-state index in [1.54, 1.807) is 7.11 Å². The molecular weight excluding hydrogens is 340 g/mol. The highest BCUT2D eigenvalue weighted by molar-refractivity contribution is 5.92. The number of rotatable bonds is 3. The first-order chi connectivity index (χ1) is 12.9. The van der Waals surface area contributed by atoms with Crippen molar-refractivity contribution in [1.29, 1.82) is 0 Å². The smallest absolute Gasteiger partial charge is 0.231 e. The summed E-state index contributed by atoms with van der Waals surface area (Å²) in [4.78, 5) is 6.88. The minimum Gasteiger partial charge on any atom is -0.496 e. The maximum absolute atomic E-state index is 5.64. The molecule has 2 aromatic carbocycles. The Bertz CT molecular complexity index is 960. The first kappa shape index (κ1) is 17.5. The lowest BCUT2D eigenvalue weighted by Gasteiger charge is -2.40. The van der Waals surface area contributed by atoms with E-state index < -0.39 is 0 Å². The van der Waals surface area contributed by atoms with Crippen LogP contribution in [0.1, 0.15) is 31.9 Å². The van der Waals surface area contributed by atoms with Crippen LogP contribution in [0.3, 0.4) is 0 Å². The summed E-state index contributed by atoms with van der Waals surface area (Å²) in [6.45, 7) is 6.83. The molecule has 4 rings (SSSR count). The monoisotopic (exact) mass is 364 g/mol. The van der Waals surface area contributed by atoms with E-state index in [1.807, 2.05) is 24.4 Å². The topological polar surface area (TPSA) is 43.3 Å². The van der Waals surface area contributed by atoms with Gasteiger partial charge in [-0.3, -0.25) is 4.99 Å². The Balaban J connectivity index is 1.72. The van der Waals surface area contributed by atoms with E-state index in [0.29, 0.717) is 0 Å². The standard InChI is InChI=1S/C22H24N2O3/c1-14-11-22(2,3)24(4)18-10-20(25-5)15(8-17(14)18)12-23-16-6-7-19-21(9-16)27-13-26-19/h6-12H,13H2,1-5H3. The van der Waals surface area contributed by atoms with Crippen LogP contribution in [-0.2, 0) is 0 Å². The fraction of sp³-hybridized carbons (Fsp3) is 0.318. The summed E-state index contributed by atoms with van der Waals surface area (Å²) >= 11 is 0. The molecule has 0 aliphatic carbocycles. The minimum absolute atomic E-state index is 0.0375. The van der Waals surface area contributed by atoms with Crippen molar-refractivity contribution in [2.75, 3.05) is 25.9 Å². The second-order valence-electron chi connectivity index (χ2n) is 7.45. The Morgan fingerprint density at radius 2 is 1.93 bits per heavy atom. The number of hydrogen-bond acceptors (Lipinski definition) is 5. The van der Waals surface area contributed by atoms with Crippen LogP contribution in [0.5, 0.6) is 17.2 Å². The summed E-state index contributed by atoms with van der Waals surface area (Å²) in [6.07, 6.45) is 4.13. The van der Waals surface area contributed by atoms with E-state index in [4.69, 9.17) is 14.2 Å². The summed E-state index contributed by atoms with van der Waals surface area (Å²) in [6, 6.07) is 9.90. The predicted octanol–water partition coefficient (Wildman–Crippen LogP) is 4.81. The molecule has 0 spiro atoms. The molecule has 0 amide bonds. The van der Waals surface area contributed by atoms with E-state index in [0.717, 1.165) is 34.2 Å². The maximum Gasteiger partial charge on any atom is 0.231 e. The van der Waals surface area contributed by atoms with Gasteiger partial charge in [-0.1, -0.05) is 6.08 Å². The van der Waals surface area contributed by atoms with Gasteiger partial charge in [0.1, 0.15) is 5.75 Å². The van der Waals surface area contributed by atoms with E-state index in [9.17, 15) is 0 Å². The molecule has 2 aromatic rings. The number of anilines is 1. The number of ether oxygens (including phenoxy) is 3. The quantitative estimate of drug-likeness (QED) is 0.734. The molecule has 0 unspecified atom stereocenters. The van der Waals surface area contributed by atoms with Gasteiger partial charge in [-0.05, 0) is 44.5 Å². The van der Waals surface area contributed by atoms with Crippen molar-refractivity contribution in [3.05, 3.63) is 47.5 Å². The van der Waals surface area contributed by atoms with Crippen molar-refractivity contribution in [3.63, 3.8) is 0 Å². The van der Waals surface area contributed by atoms with E-state index in [2.05, 4.69) is 55.9 Å². The zero-order valence-corrected chi connectivity index (χ0v) is 16.4. The van der Waals surface area contributed by atoms with Gasteiger partial charge in [-0.15, -0.1) is 0 Å². The maximum atomic E-state index is 5.64. The first-order valence-electron chi connectivity index (χ1n) is 8.98. The van der Waals surface area contributed by atoms with Crippen LogP contribution in [0, 0.1) is 0 Å². The van der Waals surface area contributed by atoms with Gasteiger partial charge in [0.2, 0.25) is 6.79 Å². The molecule has 2 aliphatic rings. The number of aliphatic imine (C=N–C) groups is 1. The van der Waals surface area contributed by atoms with Crippen LogP contribution in [0.25, 0.3) is 5.57 Å². The summed E-state index contributed by atoms with van der Waals surface area (Å²) in [7, 11) is 3.80. The highest BCUT2D eigenvalue weighted by Gasteiger charge is 2.29. The van der Waals surface area contributed by atoms with Crippen LogP contribution in [0.4, 0.5) is 11.4 Å². The van der Waals surface area contributed by atoms with Crippen molar-refractivity contribution < 1.29 is 14.2 Å². The van der Waals surface area contributed by atoms with Crippen molar-refractivity contribution >= 4 is 23.2 Å². The summed E-state index contributed by atoms with van der Waals surface area (Å²) < 4.78 is 16.4. The Morgan fingerprint density at radius 1 is 1.15 bits per heavy atom. The zero-order chi connectivity index (χ0) is 19.2. The largest absolute Gasteiger partial charge is 0.496 e. The van der Waals surface area contributed by atoms with Crippen LogP contribution in [0.2, 0.25) is 0 Å². The van der Waals surface area contributed by atoms with Gasteiger partial charge in [-0.2, -0.15) is 0 Å². The van der Waals surface area contributed by atoms with Crippen LogP contribution < -0.4 is 19.1 Å². The molecule has 5 nitrogen and oxygen atoms in total. The van der Waals surface area contributed by atoms with Crippen LogP contribution >= 0.6 is 0 Å². The minimum atomic E-state index is -0.0375. The van der Waals surface area contributed by atoms with Gasteiger partial charge in [0, 0.05) is 42.2 Å². The molecule has 27 heavy (non-hydrogen) atoms. The number of allylic oxidation sites excluding steroid dienone is 1. The molecule has 0 bridgehead atoms. The van der Waals surface area contributed by atoms with Crippen molar-refractivity contribution in [2.45, 2.75) is 26.3 Å². The van der Waals surface area contributed by atoms with Gasteiger partial charge in [0.05, 0.1) is 18.3 Å². The molecule has 2 aliphatic heterocycles. The van der Waals surface area contributed by atoms with Crippen molar-refractivity contribution in [3.8, 4) is 17.2 Å². The summed E-state index contributed by atoms with van der Waals surface area (Å²) in [5.74, 6) is 2.28. The fourth-order valence-corrected chi connectivity index (χ4v) is 3.58. The molecular formula is C22H24N2O3. The third-order valence-corrected chi connectivity index (χ3v) is 5.28. The Kier molecular flexibility index (Phi) is 4.10. The molecule has 0 saturated carbocycles.